The molecule has 1 aromatic rings. The van der Waals surface area contributed by atoms with Crippen molar-refractivity contribution in [2.24, 2.45) is 0 Å². The summed E-state index contributed by atoms with van der Waals surface area (Å²) in [7, 11) is 0. The minimum Gasteiger partial charge on any atom is -0.382 e. The maximum absolute atomic E-state index is 5.27. The van der Waals surface area contributed by atoms with E-state index in [9.17, 15) is 0 Å². The van der Waals surface area contributed by atoms with Crippen molar-refractivity contribution in [2.45, 2.75) is 24.8 Å². The number of nitrogens with zero attached hydrogens (tertiary/aromatic N) is 2. The van der Waals surface area contributed by atoms with Crippen LogP contribution in [0.5, 0.6) is 0 Å². The van der Waals surface area contributed by atoms with Gasteiger partial charge >= 0.3 is 0 Å². The Balaban J connectivity index is 1.85. The molecule has 0 radical (unpaired) electrons. The fraction of sp³-hybridized carbons (Fsp3) is 0.667. The Bertz CT molecular complexity index is 272. The van der Waals surface area contributed by atoms with Crippen LogP contribution in [0.15, 0.2) is 23.6 Å². The molecule has 5 heteroatoms. The summed E-state index contributed by atoms with van der Waals surface area (Å²) < 4.78 is 5.27. The molecular weight excluding hydrogens is 234 g/mol. The molecule has 0 bridgehead atoms. The fourth-order valence-corrected chi connectivity index (χ4v) is 2.05. The number of hydrogen-bond donors (Lipinski definition) is 1. The van der Waals surface area contributed by atoms with Crippen molar-refractivity contribution < 1.29 is 4.74 Å². The van der Waals surface area contributed by atoms with Crippen LogP contribution >= 0.6 is 11.8 Å². The second-order valence-corrected chi connectivity index (χ2v) is 4.67. The molecule has 0 amide bonds. The molecule has 1 rings (SSSR count). The van der Waals surface area contributed by atoms with Crippen LogP contribution in [0.25, 0.3) is 0 Å². The molecule has 1 heterocycles. The molecule has 96 valence electrons. The summed E-state index contributed by atoms with van der Waals surface area (Å²) in [6.45, 7) is 5.82. The second kappa shape index (κ2) is 10.5. The smallest absolute Gasteiger partial charge is 0.116 e. The zero-order valence-corrected chi connectivity index (χ0v) is 11.2. The van der Waals surface area contributed by atoms with Gasteiger partial charge < -0.3 is 10.1 Å². The highest BCUT2D eigenvalue weighted by molar-refractivity contribution is 7.99. The highest BCUT2D eigenvalue weighted by Gasteiger charge is 1.94. The Kier molecular flexibility index (Phi) is 8.90. The lowest BCUT2D eigenvalue weighted by Gasteiger charge is -2.04. The quantitative estimate of drug-likeness (QED) is 0.393. The highest BCUT2D eigenvalue weighted by Crippen LogP contribution is 2.11. The molecule has 0 spiro atoms. The van der Waals surface area contributed by atoms with Gasteiger partial charge in [-0.05, 0) is 32.4 Å². The Labute approximate surface area is 108 Å². The molecule has 0 fully saturated rings. The van der Waals surface area contributed by atoms with Gasteiger partial charge in [-0.25, -0.2) is 9.97 Å². The van der Waals surface area contributed by atoms with Crippen molar-refractivity contribution in [3.63, 3.8) is 0 Å². The first-order valence-electron chi connectivity index (χ1n) is 6.10. The maximum atomic E-state index is 5.27. The first kappa shape index (κ1) is 14.4. The third kappa shape index (κ3) is 8.12. The zero-order chi connectivity index (χ0) is 12.2. The van der Waals surface area contributed by atoms with E-state index < -0.39 is 0 Å². The Morgan fingerprint density at radius 3 is 3.06 bits per heavy atom. The van der Waals surface area contributed by atoms with Gasteiger partial charge in [-0.2, -0.15) is 0 Å². The van der Waals surface area contributed by atoms with Crippen LogP contribution in [-0.2, 0) is 4.74 Å². The van der Waals surface area contributed by atoms with Gasteiger partial charge in [-0.3, -0.25) is 0 Å². The summed E-state index contributed by atoms with van der Waals surface area (Å²) in [5.41, 5.74) is 0. The van der Waals surface area contributed by atoms with Crippen molar-refractivity contribution in [1.29, 1.82) is 0 Å². The molecule has 0 atom stereocenters. The summed E-state index contributed by atoms with van der Waals surface area (Å²) in [6.07, 6.45) is 5.68. The number of hydrogen-bond acceptors (Lipinski definition) is 5. The largest absolute Gasteiger partial charge is 0.382 e. The maximum Gasteiger partial charge on any atom is 0.116 e. The average Bonchev–Trinajstić information content (AvgIpc) is 2.38. The average molecular weight is 255 g/mol. The summed E-state index contributed by atoms with van der Waals surface area (Å²) in [5.74, 6) is 1.04. The predicted molar refractivity (Wildman–Crippen MR) is 71.4 cm³/mol. The third-order valence-corrected chi connectivity index (χ3v) is 3.13. The Morgan fingerprint density at radius 1 is 1.35 bits per heavy atom. The number of nitrogens with one attached hydrogen (secondary N) is 1. The number of aromatic nitrogens is 2. The summed E-state index contributed by atoms with van der Waals surface area (Å²) in [4.78, 5) is 8.04. The van der Waals surface area contributed by atoms with Gasteiger partial charge in [0.05, 0.1) is 5.03 Å². The molecule has 0 aliphatic carbocycles. The van der Waals surface area contributed by atoms with Gasteiger partial charge in [0.1, 0.15) is 6.33 Å². The van der Waals surface area contributed by atoms with E-state index in [1.54, 1.807) is 24.3 Å². The van der Waals surface area contributed by atoms with E-state index in [1.807, 2.05) is 13.0 Å². The fourth-order valence-electron chi connectivity index (χ4n) is 1.32. The van der Waals surface area contributed by atoms with Crippen LogP contribution in [0.2, 0.25) is 0 Å². The minimum atomic E-state index is 0.822. The first-order chi connectivity index (χ1) is 8.43. The van der Waals surface area contributed by atoms with Crippen molar-refractivity contribution in [2.75, 3.05) is 32.1 Å². The zero-order valence-electron chi connectivity index (χ0n) is 10.4. The molecule has 1 aromatic heterocycles. The second-order valence-electron chi connectivity index (χ2n) is 3.55. The topological polar surface area (TPSA) is 47.0 Å². The molecule has 4 nitrogen and oxygen atoms in total. The van der Waals surface area contributed by atoms with Crippen molar-refractivity contribution in [1.82, 2.24) is 15.3 Å². The van der Waals surface area contributed by atoms with Gasteiger partial charge in [0.25, 0.3) is 0 Å². The standard InChI is InChI=1S/C12H21N3OS/c1-2-16-9-4-3-6-13-8-10-17-12-5-7-14-11-15-12/h5,7,11,13H,2-4,6,8-10H2,1H3. The molecule has 0 aromatic carbocycles. The van der Waals surface area contributed by atoms with E-state index in [2.05, 4.69) is 15.3 Å². The molecular formula is C12H21N3OS. The Hall–Kier alpha value is -0.650. The van der Waals surface area contributed by atoms with Crippen LogP contribution in [0, 0.1) is 0 Å². The van der Waals surface area contributed by atoms with Gasteiger partial charge in [0, 0.05) is 31.7 Å². The van der Waals surface area contributed by atoms with Crippen molar-refractivity contribution in [3.8, 4) is 0 Å². The Morgan fingerprint density at radius 2 is 2.29 bits per heavy atom. The number of ether oxygens (including phenoxy) is 1. The van der Waals surface area contributed by atoms with Crippen LogP contribution in [0.1, 0.15) is 19.8 Å². The minimum absolute atomic E-state index is 0.822. The highest BCUT2D eigenvalue weighted by atomic mass is 32.2. The summed E-state index contributed by atoms with van der Waals surface area (Å²) in [6, 6.07) is 1.94. The van der Waals surface area contributed by atoms with E-state index in [-0.39, 0.29) is 0 Å². The monoisotopic (exact) mass is 255 g/mol. The van der Waals surface area contributed by atoms with Crippen LogP contribution < -0.4 is 5.32 Å². The van der Waals surface area contributed by atoms with Gasteiger partial charge in [0.2, 0.25) is 0 Å². The normalized spacial score (nSPS) is 10.6. The van der Waals surface area contributed by atoms with Crippen LogP contribution in [0.3, 0.4) is 0 Å². The summed E-state index contributed by atoms with van der Waals surface area (Å²) in [5, 5.41) is 4.45. The van der Waals surface area contributed by atoms with E-state index in [1.165, 1.54) is 6.42 Å². The number of unbranched alkanes of at least 4 members (excludes halogenated alkanes) is 1. The van der Waals surface area contributed by atoms with E-state index >= 15 is 0 Å². The van der Waals surface area contributed by atoms with Crippen LogP contribution in [-0.4, -0.2) is 42.0 Å². The molecule has 0 aliphatic rings. The first-order valence-corrected chi connectivity index (χ1v) is 7.09. The van der Waals surface area contributed by atoms with E-state index in [0.29, 0.717) is 0 Å². The molecule has 17 heavy (non-hydrogen) atoms. The van der Waals surface area contributed by atoms with Gasteiger partial charge in [-0.15, -0.1) is 11.8 Å². The lowest BCUT2D eigenvalue weighted by atomic mass is 10.3. The number of rotatable bonds is 10. The lowest BCUT2D eigenvalue weighted by molar-refractivity contribution is 0.143. The molecule has 1 N–H and O–H groups in total. The molecule has 0 saturated heterocycles. The molecule has 0 saturated carbocycles. The molecule has 0 unspecified atom stereocenters. The molecule has 0 aliphatic heterocycles. The summed E-state index contributed by atoms with van der Waals surface area (Å²) >= 11 is 1.75. The van der Waals surface area contributed by atoms with Crippen LogP contribution in [0.4, 0.5) is 0 Å². The van der Waals surface area contributed by atoms with Gasteiger partial charge in [-0.1, -0.05) is 0 Å². The van der Waals surface area contributed by atoms with E-state index in [0.717, 1.165) is 43.5 Å². The third-order valence-electron chi connectivity index (χ3n) is 2.18. The lowest BCUT2D eigenvalue weighted by Crippen LogP contribution is -2.18. The van der Waals surface area contributed by atoms with E-state index in [4.69, 9.17) is 4.74 Å². The van der Waals surface area contributed by atoms with Gasteiger partial charge in [0.15, 0.2) is 0 Å². The SMILES string of the molecule is CCOCCCCNCCSc1ccncn1. The van der Waals surface area contributed by atoms with Crippen molar-refractivity contribution in [3.05, 3.63) is 18.6 Å². The van der Waals surface area contributed by atoms with Crippen molar-refractivity contribution >= 4 is 11.8 Å². The number of thioether (sulfide) groups is 1. The predicted octanol–water partition coefficient (Wildman–Crippen LogP) is 1.97.